The third kappa shape index (κ3) is 2.58. The minimum absolute atomic E-state index is 0.0800. The van der Waals surface area contributed by atoms with Crippen LogP contribution in [0, 0.1) is 0 Å². The van der Waals surface area contributed by atoms with Crippen LogP contribution in [0.3, 0.4) is 0 Å². The van der Waals surface area contributed by atoms with Crippen LogP contribution in [-0.4, -0.2) is 26.4 Å². The normalized spacial score (nSPS) is 19.4. The number of imidazole rings is 1. The fraction of sp³-hybridized carbons (Fsp3) is 0.190. The van der Waals surface area contributed by atoms with Gasteiger partial charge in [-0.3, -0.25) is 14.3 Å². The molecule has 2 aromatic carbocycles. The zero-order chi connectivity index (χ0) is 21.0. The highest BCUT2D eigenvalue weighted by atomic mass is 19.3. The molecule has 30 heavy (non-hydrogen) atoms. The summed E-state index contributed by atoms with van der Waals surface area (Å²) in [5.41, 5.74) is -0.277. The molecule has 0 spiro atoms. The summed E-state index contributed by atoms with van der Waals surface area (Å²) in [7, 11) is 0. The van der Waals surface area contributed by atoms with Crippen molar-refractivity contribution in [3.63, 3.8) is 0 Å². The van der Waals surface area contributed by atoms with Crippen LogP contribution in [0.4, 0.5) is 13.6 Å². The van der Waals surface area contributed by atoms with Gasteiger partial charge in [-0.25, -0.2) is 9.78 Å². The van der Waals surface area contributed by atoms with E-state index < -0.39 is 24.0 Å². The van der Waals surface area contributed by atoms with E-state index in [0.29, 0.717) is 11.1 Å². The van der Waals surface area contributed by atoms with Crippen LogP contribution in [0.25, 0.3) is 22.0 Å². The van der Waals surface area contributed by atoms with E-state index in [1.165, 1.54) is 13.0 Å². The second-order valence-corrected chi connectivity index (χ2v) is 7.26. The second-order valence-electron chi connectivity index (χ2n) is 7.26. The molecule has 0 aliphatic carbocycles. The van der Waals surface area contributed by atoms with Crippen molar-refractivity contribution in [2.45, 2.75) is 25.6 Å². The predicted octanol–water partition coefficient (Wildman–Crippen LogP) is 4.14. The Balaban J connectivity index is 1.52. The highest BCUT2D eigenvalue weighted by Crippen LogP contribution is 2.34. The fourth-order valence-corrected chi connectivity index (χ4v) is 3.80. The third-order valence-electron chi connectivity index (χ3n) is 5.36. The molecule has 4 aromatic rings. The zero-order valence-corrected chi connectivity index (χ0v) is 15.8. The maximum Gasteiger partial charge on any atom is 0.325 e. The lowest BCUT2D eigenvalue weighted by Gasteiger charge is -2.19. The highest BCUT2D eigenvalue weighted by Gasteiger charge is 2.51. The molecule has 152 valence electrons. The van der Waals surface area contributed by atoms with Crippen molar-refractivity contribution in [2.24, 2.45) is 0 Å². The van der Waals surface area contributed by atoms with E-state index in [4.69, 9.17) is 4.42 Å². The Kier molecular flexibility index (Phi) is 3.89. The number of imide groups is 1. The number of furan rings is 1. The molecule has 7 nitrogen and oxygen atoms in total. The molecule has 0 bridgehead atoms. The van der Waals surface area contributed by atoms with Crippen molar-refractivity contribution in [1.29, 1.82) is 0 Å². The van der Waals surface area contributed by atoms with Gasteiger partial charge >= 0.3 is 12.6 Å². The number of nitrogens with one attached hydrogen (secondary N) is 1. The molecule has 1 atom stereocenters. The second kappa shape index (κ2) is 6.38. The number of amides is 3. The first kappa shape index (κ1) is 18.3. The van der Waals surface area contributed by atoms with E-state index in [2.05, 4.69) is 10.3 Å². The Morgan fingerprint density at radius 1 is 1.13 bits per heavy atom. The molecule has 1 N–H and O–H groups in total. The van der Waals surface area contributed by atoms with E-state index in [-0.39, 0.29) is 23.6 Å². The summed E-state index contributed by atoms with van der Waals surface area (Å²) >= 11 is 0. The molecule has 0 saturated carbocycles. The summed E-state index contributed by atoms with van der Waals surface area (Å²) in [5.74, 6) is -0.408. The lowest BCUT2D eigenvalue weighted by molar-refractivity contribution is -0.132. The average molecular weight is 410 g/mol. The lowest BCUT2D eigenvalue weighted by atomic mass is 9.99. The number of carbonyl (C=O) groups excluding carboxylic acids is 2. The van der Waals surface area contributed by atoms with Crippen molar-refractivity contribution in [3.05, 3.63) is 66.2 Å². The number of nitrogens with zero attached hydrogens (tertiary/aromatic N) is 3. The maximum absolute atomic E-state index is 13.7. The summed E-state index contributed by atoms with van der Waals surface area (Å²) in [6.07, 6.45) is 0. The van der Waals surface area contributed by atoms with Gasteiger partial charge in [0.1, 0.15) is 17.2 Å². The Morgan fingerprint density at radius 3 is 2.63 bits per heavy atom. The molecule has 1 saturated heterocycles. The smallest absolute Gasteiger partial charge is 0.325 e. The summed E-state index contributed by atoms with van der Waals surface area (Å²) in [5, 5.41) is 3.42. The number of benzene rings is 2. The number of para-hydroxylation sites is 3. The molecule has 1 aliphatic rings. The number of hydrogen-bond acceptors (Lipinski definition) is 4. The minimum Gasteiger partial charge on any atom is -0.458 e. The van der Waals surface area contributed by atoms with Gasteiger partial charge in [0, 0.05) is 5.39 Å². The van der Waals surface area contributed by atoms with Gasteiger partial charge in [-0.1, -0.05) is 30.3 Å². The van der Waals surface area contributed by atoms with E-state index in [9.17, 15) is 18.4 Å². The van der Waals surface area contributed by atoms with Crippen LogP contribution in [0.5, 0.6) is 0 Å². The molecule has 3 amide bonds. The van der Waals surface area contributed by atoms with Crippen molar-refractivity contribution in [1.82, 2.24) is 19.8 Å². The predicted molar refractivity (Wildman–Crippen MR) is 104 cm³/mol. The molecular formula is C21H16F2N4O3. The number of carbonyl (C=O) groups is 2. The van der Waals surface area contributed by atoms with Crippen LogP contribution in [-0.2, 0) is 16.9 Å². The summed E-state index contributed by atoms with van der Waals surface area (Å²) in [6.45, 7) is -1.73. The first-order valence-electron chi connectivity index (χ1n) is 9.25. The number of alkyl halides is 2. The summed E-state index contributed by atoms with van der Waals surface area (Å²) < 4.78 is 33.9. The Morgan fingerprint density at radius 2 is 1.87 bits per heavy atom. The lowest BCUT2D eigenvalue weighted by Crippen LogP contribution is -2.40. The molecule has 2 aromatic heterocycles. The maximum atomic E-state index is 13.7. The average Bonchev–Trinajstić information content (AvgIpc) is 3.37. The molecule has 1 aliphatic heterocycles. The summed E-state index contributed by atoms with van der Waals surface area (Å²) in [6, 6.07) is 14.6. The Hall–Kier alpha value is -3.75. The number of aromatic nitrogens is 2. The van der Waals surface area contributed by atoms with E-state index in [1.54, 1.807) is 36.4 Å². The van der Waals surface area contributed by atoms with Gasteiger partial charge in [-0.05, 0) is 31.2 Å². The quantitative estimate of drug-likeness (QED) is 0.513. The van der Waals surface area contributed by atoms with E-state index in [0.717, 1.165) is 14.9 Å². The van der Waals surface area contributed by atoms with Crippen molar-refractivity contribution in [2.75, 3.05) is 0 Å². The zero-order valence-electron chi connectivity index (χ0n) is 15.8. The number of halogens is 2. The van der Waals surface area contributed by atoms with Crippen LogP contribution >= 0.6 is 0 Å². The largest absolute Gasteiger partial charge is 0.458 e. The van der Waals surface area contributed by atoms with Gasteiger partial charge in [0.25, 0.3) is 5.91 Å². The van der Waals surface area contributed by atoms with Gasteiger partial charge < -0.3 is 9.73 Å². The molecule has 1 unspecified atom stereocenters. The minimum atomic E-state index is -2.87. The van der Waals surface area contributed by atoms with Gasteiger partial charge in [-0.15, -0.1) is 0 Å². The molecule has 0 radical (unpaired) electrons. The molecule has 1 fully saturated rings. The van der Waals surface area contributed by atoms with Crippen molar-refractivity contribution >= 4 is 33.9 Å². The first-order valence-corrected chi connectivity index (χ1v) is 9.25. The van der Waals surface area contributed by atoms with Crippen LogP contribution in [0.15, 0.2) is 59.0 Å². The van der Waals surface area contributed by atoms with Gasteiger partial charge in [0.15, 0.2) is 5.54 Å². The van der Waals surface area contributed by atoms with Gasteiger partial charge in [0.2, 0.25) is 0 Å². The number of rotatable bonds is 4. The SMILES string of the molecule is CC1(c2cc3ccccc3o2)NC(=O)N(Cc2nc3ccccc3n2C(F)F)C1=O. The topological polar surface area (TPSA) is 80.4 Å². The van der Waals surface area contributed by atoms with Crippen molar-refractivity contribution < 1.29 is 22.8 Å². The number of fused-ring (bicyclic) bond motifs is 2. The summed E-state index contributed by atoms with van der Waals surface area (Å²) in [4.78, 5) is 30.9. The van der Waals surface area contributed by atoms with Crippen LogP contribution in [0.2, 0.25) is 0 Å². The van der Waals surface area contributed by atoms with E-state index >= 15 is 0 Å². The Labute approximate surface area is 168 Å². The fourth-order valence-electron chi connectivity index (χ4n) is 3.80. The van der Waals surface area contributed by atoms with Crippen LogP contribution in [0.1, 0.15) is 25.1 Å². The third-order valence-corrected chi connectivity index (χ3v) is 5.36. The van der Waals surface area contributed by atoms with E-state index in [1.807, 2.05) is 12.1 Å². The molecule has 9 heteroatoms. The monoisotopic (exact) mass is 410 g/mol. The van der Waals surface area contributed by atoms with Gasteiger partial charge in [0.05, 0.1) is 17.6 Å². The molecule has 3 heterocycles. The number of hydrogen-bond donors (Lipinski definition) is 1. The molecular weight excluding hydrogens is 394 g/mol. The van der Waals surface area contributed by atoms with Crippen LogP contribution < -0.4 is 5.32 Å². The Bertz CT molecular complexity index is 1280. The van der Waals surface area contributed by atoms with Crippen molar-refractivity contribution in [3.8, 4) is 0 Å². The number of urea groups is 1. The standard InChI is InChI=1S/C21H16F2N4O3/c1-21(16-10-12-6-2-5-9-15(12)30-16)18(28)26(20(29)25-21)11-17-24-13-7-3-4-8-14(13)27(17)19(22)23/h2-10,19H,11H2,1H3,(H,25,29). The first-order chi connectivity index (χ1) is 14.4. The van der Waals surface area contributed by atoms with Gasteiger partial charge in [-0.2, -0.15) is 8.78 Å². The highest BCUT2D eigenvalue weighted by molar-refractivity contribution is 6.07. The molecule has 5 rings (SSSR count).